The molecule has 1 unspecified atom stereocenters. The van der Waals surface area contributed by atoms with Crippen LogP contribution in [0.4, 0.5) is 8.78 Å². The fourth-order valence-corrected chi connectivity index (χ4v) is 3.05. The van der Waals surface area contributed by atoms with E-state index in [4.69, 9.17) is 0 Å². The molecule has 1 atom stereocenters. The maximum Gasteiger partial charge on any atom is 0.129 e. The second-order valence-electron chi connectivity index (χ2n) is 4.48. The molecule has 0 fully saturated rings. The normalized spacial score (nSPS) is 12.7. The van der Waals surface area contributed by atoms with Gasteiger partial charge in [-0.2, -0.15) is 0 Å². The molecule has 0 saturated carbocycles. The minimum absolute atomic E-state index is 0.226. The fourth-order valence-electron chi connectivity index (χ4n) is 1.90. The van der Waals surface area contributed by atoms with Crippen LogP contribution in [0.1, 0.15) is 34.1 Å². The molecule has 0 aliphatic carbocycles. The Bertz CT molecular complexity index is 581. The predicted octanol–water partition coefficient (Wildman–Crippen LogP) is 3.60. The van der Waals surface area contributed by atoms with Gasteiger partial charge in [0.25, 0.3) is 0 Å². The zero-order valence-corrected chi connectivity index (χ0v) is 11.9. The summed E-state index contributed by atoms with van der Waals surface area (Å²) >= 11 is 1.57. The number of benzene rings is 1. The number of nitrogens with one attached hydrogen (secondary N) is 1. The van der Waals surface area contributed by atoms with Crippen molar-refractivity contribution in [1.82, 2.24) is 10.3 Å². The third-order valence-corrected chi connectivity index (χ3v) is 4.40. The van der Waals surface area contributed by atoms with E-state index in [9.17, 15) is 8.78 Å². The lowest BCUT2D eigenvalue weighted by Crippen LogP contribution is -2.11. The van der Waals surface area contributed by atoms with Gasteiger partial charge in [0.2, 0.25) is 0 Å². The maximum atomic E-state index is 13.6. The highest BCUT2D eigenvalue weighted by Crippen LogP contribution is 2.26. The molecule has 1 aromatic carbocycles. The lowest BCUT2D eigenvalue weighted by Gasteiger charge is -2.07. The van der Waals surface area contributed by atoms with Crippen molar-refractivity contribution in [3.63, 3.8) is 0 Å². The number of rotatable bonds is 4. The van der Waals surface area contributed by atoms with Crippen molar-refractivity contribution >= 4 is 11.3 Å². The van der Waals surface area contributed by atoms with Crippen LogP contribution in [0, 0.1) is 18.6 Å². The Morgan fingerprint density at radius 2 is 2.11 bits per heavy atom. The van der Waals surface area contributed by atoms with Gasteiger partial charge >= 0.3 is 0 Å². The van der Waals surface area contributed by atoms with Gasteiger partial charge in [0, 0.05) is 23.4 Å². The highest BCUT2D eigenvalue weighted by Gasteiger charge is 2.14. The van der Waals surface area contributed by atoms with Gasteiger partial charge in [-0.25, -0.2) is 13.8 Å². The zero-order chi connectivity index (χ0) is 14.0. The molecule has 1 aromatic heterocycles. The molecular formula is C14H16F2N2S. The molecule has 0 saturated heterocycles. The summed E-state index contributed by atoms with van der Waals surface area (Å²) in [7, 11) is 1.89. The van der Waals surface area contributed by atoms with Crippen LogP contribution in [0.3, 0.4) is 0 Å². The van der Waals surface area contributed by atoms with E-state index in [1.165, 1.54) is 12.1 Å². The topological polar surface area (TPSA) is 24.9 Å². The van der Waals surface area contributed by atoms with E-state index in [2.05, 4.69) is 17.2 Å². The Labute approximate surface area is 115 Å². The number of hydrogen-bond donors (Lipinski definition) is 1. The molecule has 19 heavy (non-hydrogen) atoms. The van der Waals surface area contributed by atoms with Crippen molar-refractivity contribution < 1.29 is 8.78 Å². The highest BCUT2D eigenvalue weighted by molar-refractivity contribution is 7.11. The Morgan fingerprint density at radius 3 is 2.74 bits per heavy atom. The van der Waals surface area contributed by atoms with E-state index in [0.29, 0.717) is 12.0 Å². The highest BCUT2D eigenvalue weighted by atomic mass is 32.1. The van der Waals surface area contributed by atoms with Crippen LogP contribution in [-0.2, 0) is 6.42 Å². The first-order valence-electron chi connectivity index (χ1n) is 6.08. The van der Waals surface area contributed by atoms with Crippen molar-refractivity contribution in [2.75, 3.05) is 7.05 Å². The van der Waals surface area contributed by atoms with Gasteiger partial charge in [-0.15, -0.1) is 11.3 Å². The molecule has 2 aromatic rings. The Balaban J connectivity index is 2.24. The maximum absolute atomic E-state index is 13.6. The van der Waals surface area contributed by atoms with Crippen LogP contribution >= 0.6 is 11.3 Å². The molecule has 5 heteroatoms. The van der Waals surface area contributed by atoms with Crippen LogP contribution in [0.2, 0.25) is 0 Å². The molecule has 0 aliphatic heterocycles. The lowest BCUT2D eigenvalue weighted by atomic mass is 10.1. The van der Waals surface area contributed by atoms with Crippen LogP contribution in [-0.4, -0.2) is 12.0 Å². The first-order valence-corrected chi connectivity index (χ1v) is 6.90. The van der Waals surface area contributed by atoms with Gasteiger partial charge in [0.05, 0.1) is 10.7 Å². The quantitative estimate of drug-likeness (QED) is 0.926. The Kier molecular flexibility index (Phi) is 4.27. The summed E-state index contributed by atoms with van der Waals surface area (Å²) in [6, 6.07) is 3.88. The standard InChI is InChI=1S/C14H16F2N2S/c1-8(17-3)14-9(2)18-13(19-14)6-10-4-5-11(15)7-12(10)16/h4-5,7-8,17H,6H2,1-3H3. The van der Waals surface area contributed by atoms with Gasteiger partial charge in [-0.1, -0.05) is 6.07 Å². The second-order valence-corrected chi connectivity index (χ2v) is 5.60. The molecule has 2 rings (SSSR count). The van der Waals surface area contributed by atoms with E-state index in [-0.39, 0.29) is 6.04 Å². The smallest absolute Gasteiger partial charge is 0.129 e. The largest absolute Gasteiger partial charge is 0.312 e. The molecule has 0 radical (unpaired) electrons. The van der Waals surface area contributed by atoms with E-state index >= 15 is 0 Å². The van der Waals surface area contributed by atoms with Crippen molar-refractivity contribution in [3.05, 3.63) is 51.0 Å². The first kappa shape index (κ1) is 14.1. The molecule has 0 spiro atoms. The summed E-state index contributed by atoms with van der Waals surface area (Å²) in [5.74, 6) is -1.07. The predicted molar refractivity (Wildman–Crippen MR) is 73.5 cm³/mol. The average molecular weight is 282 g/mol. The second kappa shape index (κ2) is 5.75. The van der Waals surface area contributed by atoms with Gasteiger partial charge in [-0.3, -0.25) is 0 Å². The fraction of sp³-hybridized carbons (Fsp3) is 0.357. The third kappa shape index (κ3) is 3.16. The van der Waals surface area contributed by atoms with Gasteiger partial charge in [0.15, 0.2) is 0 Å². The molecule has 0 bridgehead atoms. The summed E-state index contributed by atoms with van der Waals surface area (Å²) in [4.78, 5) is 5.61. The zero-order valence-electron chi connectivity index (χ0n) is 11.1. The molecule has 0 aliphatic rings. The summed E-state index contributed by atoms with van der Waals surface area (Å²) in [6.45, 7) is 4.01. The van der Waals surface area contributed by atoms with Crippen molar-refractivity contribution in [2.24, 2.45) is 0 Å². The van der Waals surface area contributed by atoms with Crippen molar-refractivity contribution in [1.29, 1.82) is 0 Å². The minimum Gasteiger partial charge on any atom is -0.312 e. The van der Waals surface area contributed by atoms with E-state index in [1.807, 2.05) is 14.0 Å². The van der Waals surface area contributed by atoms with Crippen LogP contribution < -0.4 is 5.32 Å². The summed E-state index contributed by atoms with van der Waals surface area (Å²) in [5.41, 5.74) is 1.43. The van der Waals surface area contributed by atoms with Gasteiger partial charge < -0.3 is 5.32 Å². The van der Waals surface area contributed by atoms with E-state index in [1.54, 1.807) is 11.3 Å². The molecule has 1 N–H and O–H groups in total. The molecule has 2 nitrogen and oxygen atoms in total. The summed E-state index contributed by atoms with van der Waals surface area (Å²) in [5, 5.41) is 4.01. The van der Waals surface area contributed by atoms with Crippen LogP contribution in [0.5, 0.6) is 0 Å². The molecule has 1 heterocycles. The first-order chi connectivity index (χ1) is 9.01. The molecular weight excluding hydrogens is 266 g/mol. The van der Waals surface area contributed by atoms with E-state index < -0.39 is 11.6 Å². The monoisotopic (exact) mass is 282 g/mol. The summed E-state index contributed by atoms with van der Waals surface area (Å²) < 4.78 is 26.4. The van der Waals surface area contributed by atoms with Crippen molar-refractivity contribution in [2.45, 2.75) is 26.3 Å². The Hall–Kier alpha value is -1.33. The molecule has 0 amide bonds. The Morgan fingerprint density at radius 1 is 1.37 bits per heavy atom. The third-order valence-electron chi connectivity index (χ3n) is 3.06. The number of nitrogens with zero attached hydrogens (tertiary/aromatic N) is 1. The van der Waals surface area contributed by atoms with Gasteiger partial charge in [0.1, 0.15) is 11.6 Å². The number of aromatic nitrogens is 1. The number of aryl methyl sites for hydroxylation is 1. The minimum atomic E-state index is -0.555. The summed E-state index contributed by atoms with van der Waals surface area (Å²) in [6.07, 6.45) is 0.397. The number of hydrogen-bond acceptors (Lipinski definition) is 3. The van der Waals surface area contributed by atoms with Crippen LogP contribution in [0.25, 0.3) is 0 Å². The SMILES string of the molecule is CNC(C)c1sc(Cc2ccc(F)cc2F)nc1C. The number of thiazole rings is 1. The number of halogens is 2. The lowest BCUT2D eigenvalue weighted by molar-refractivity contribution is 0.574. The molecule has 102 valence electrons. The average Bonchev–Trinajstić information content (AvgIpc) is 2.73. The van der Waals surface area contributed by atoms with Crippen molar-refractivity contribution in [3.8, 4) is 0 Å². The van der Waals surface area contributed by atoms with Gasteiger partial charge in [-0.05, 0) is 32.5 Å². The van der Waals surface area contributed by atoms with Crippen LogP contribution in [0.15, 0.2) is 18.2 Å². The van der Waals surface area contributed by atoms with E-state index in [0.717, 1.165) is 21.6 Å².